The van der Waals surface area contributed by atoms with Crippen LogP contribution in [0.25, 0.3) is 0 Å². The summed E-state index contributed by atoms with van der Waals surface area (Å²) in [6.07, 6.45) is 0.781. The standard InChI is InChI=1S/C12H18FNO.ClH/c1-8(2)6-12(14)10-5-4-9(15-3)7-11(10)13;/h4-5,7-8,12H,6,14H2,1-3H3;1H/t12-;/m1./s1. The van der Waals surface area contributed by atoms with Gasteiger partial charge in [-0.2, -0.15) is 0 Å². The van der Waals surface area contributed by atoms with Gasteiger partial charge in [0.15, 0.2) is 0 Å². The number of ether oxygens (including phenoxy) is 1. The average Bonchev–Trinajstić information content (AvgIpc) is 2.16. The Balaban J connectivity index is 0.00000225. The lowest BCUT2D eigenvalue weighted by Crippen LogP contribution is -2.14. The Kier molecular flexibility index (Phi) is 6.38. The number of halogens is 2. The summed E-state index contributed by atoms with van der Waals surface area (Å²) in [4.78, 5) is 0. The fraction of sp³-hybridized carbons (Fsp3) is 0.500. The molecule has 0 fully saturated rings. The van der Waals surface area contributed by atoms with Crippen molar-refractivity contribution in [3.05, 3.63) is 29.6 Å². The van der Waals surface area contributed by atoms with E-state index in [0.29, 0.717) is 17.2 Å². The molecule has 0 aliphatic heterocycles. The molecule has 1 aromatic rings. The van der Waals surface area contributed by atoms with Crippen LogP contribution in [0.1, 0.15) is 31.9 Å². The van der Waals surface area contributed by atoms with E-state index < -0.39 is 0 Å². The fourth-order valence-corrected chi connectivity index (χ4v) is 1.57. The van der Waals surface area contributed by atoms with Crippen LogP contribution in [-0.2, 0) is 0 Å². The van der Waals surface area contributed by atoms with Gasteiger partial charge in [-0.3, -0.25) is 0 Å². The van der Waals surface area contributed by atoms with Crippen molar-refractivity contribution in [1.29, 1.82) is 0 Å². The van der Waals surface area contributed by atoms with Gasteiger partial charge in [0.2, 0.25) is 0 Å². The molecule has 0 bridgehead atoms. The molecule has 2 N–H and O–H groups in total. The quantitative estimate of drug-likeness (QED) is 0.886. The van der Waals surface area contributed by atoms with Crippen molar-refractivity contribution < 1.29 is 9.13 Å². The molecule has 1 aromatic carbocycles. The molecule has 16 heavy (non-hydrogen) atoms. The number of methoxy groups -OCH3 is 1. The second-order valence-electron chi connectivity index (χ2n) is 4.12. The van der Waals surface area contributed by atoms with Crippen LogP contribution in [0.5, 0.6) is 5.75 Å². The van der Waals surface area contributed by atoms with Gasteiger partial charge in [0.05, 0.1) is 7.11 Å². The fourth-order valence-electron chi connectivity index (χ4n) is 1.57. The van der Waals surface area contributed by atoms with Crippen LogP contribution in [0.4, 0.5) is 4.39 Å². The molecule has 0 spiro atoms. The van der Waals surface area contributed by atoms with Crippen molar-refractivity contribution >= 4 is 12.4 Å². The maximum absolute atomic E-state index is 13.6. The lowest BCUT2D eigenvalue weighted by Gasteiger charge is -2.15. The summed E-state index contributed by atoms with van der Waals surface area (Å²) in [5.41, 5.74) is 6.47. The SMILES string of the molecule is COc1ccc([C@H](N)CC(C)C)c(F)c1.Cl. The predicted molar refractivity (Wildman–Crippen MR) is 66.6 cm³/mol. The highest BCUT2D eigenvalue weighted by Gasteiger charge is 2.13. The van der Waals surface area contributed by atoms with Crippen LogP contribution >= 0.6 is 12.4 Å². The topological polar surface area (TPSA) is 35.2 Å². The first kappa shape index (κ1) is 15.2. The molecule has 0 radical (unpaired) electrons. The summed E-state index contributed by atoms with van der Waals surface area (Å²) in [5.74, 6) is 0.692. The molecule has 0 aliphatic carbocycles. The highest BCUT2D eigenvalue weighted by atomic mass is 35.5. The summed E-state index contributed by atoms with van der Waals surface area (Å²) in [7, 11) is 1.52. The third-order valence-electron chi connectivity index (χ3n) is 2.33. The van der Waals surface area contributed by atoms with Crippen molar-refractivity contribution in [3.8, 4) is 5.75 Å². The normalized spacial score (nSPS) is 12.1. The zero-order valence-electron chi connectivity index (χ0n) is 9.87. The largest absolute Gasteiger partial charge is 0.497 e. The maximum Gasteiger partial charge on any atom is 0.131 e. The van der Waals surface area contributed by atoms with Gasteiger partial charge in [-0.25, -0.2) is 4.39 Å². The van der Waals surface area contributed by atoms with E-state index in [-0.39, 0.29) is 24.3 Å². The highest BCUT2D eigenvalue weighted by Crippen LogP contribution is 2.24. The Morgan fingerprint density at radius 3 is 2.44 bits per heavy atom. The van der Waals surface area contributed by atoms with Crippen LogP contribution in [0.2, 0.25) is 0 Å². The maximum atomic E-state index is 13.6. The van der Waals surface area contributed by atoms with Crippen LogP contribution in [0.15, 0.2) is 18.2 Å². The zero-order chi connectivity index (χ0) is 11.4. The van der Waals surface area contributed by atoms with E-state index in [1.54, 1.807) is 12.1 Å². The zero-order valence-corrected chi connectivity index (χ0v) is 10.7. The van der Waals surface area contributed by atoms with Crippen molar-refractivity contribution in [2.75, 3.05) is 7.11 Å². The molecule has 2 nitrogen and oxygen atoms in total. The Morgan fingerprint density at radius 2 is 2.00 bits per heavy atom. The van der Waals surface area contributed by atoms with E-state index in [1.165, 1.54) is 13.2 Å². The van der Waals surface area contributed by atoms with E-state index in [4.69, 9.17) is 10.5 Å². The Hall–Kier alpha value is -0.800. The third kappa shape index (κ3) is 3.99. The summed E-state index contributed by atoms with van der Waals surface area (Å²) >= 11 is 0. The number of nitrogens with two attached hydrogens (primary N) is 1. The second-order valence-corrected chi connectivity index (χ2v) is 4.12. The molecule has 4 heteroatoms. The highest BCUT2D eigenvalue weighted by molar-refractivity contribution is 5.85. The van der Waals surface area contributed by atoms with E-state index in [2.05, 4.69) is 13.8 Å². The first-order valence-electron chi connectivity index (χ1n) is 5.13. The van der Waals surface area contributed by atoms with Crippen LogP contribution < -0.4 is 10.5 Å². The van der Waals surface area contributed by atoms with Gasteiger partial charge in [-0.1, -0.05) is 19.9 Å². The smallest absolute Gasteiger partial charge is 0.131 e. The van der Waals surface area contributed by atoms with Gasteiger partial charge in [-0.15, -0.1) is 12.4 Å². The van der Waals surface area contributed by atoms with Crippen LogP contribution in [0, 0.1) is 11.7 Å². The molecule has 1 atom stereocenters. The van der Waals surface area contributed by atoms with Gasteiger partial charge in [-0.05, 0) is 18.4 Å². The molecule has 0 saturated heterocycles. The molecular formula is C12H19ClFNO. The van der Waals surface area contributed by atoms with Gasteiger partial charge in [0, 0.05) is 17.7 Å². The average molecular weight is 248 g/mol. The molecule has 0 heterocycles. The molecule has 0 unspecified atom stereocenters. The molecule has 1 rings (SSSR count). The van der Waals surface area contributed by atoms with E-state index in [0.717, 1.165) is 6.42 Å². The van der Waals surface area contributed by atoms with E-state index in [9.17, 15) is 4.39 Å². The molecular weight excluding hydrogens is 229 g/mol. The minimum atomic E-state index is -0.289. The summed E-state index contributed by atoms with van der Waals surface area (Å²) in [6, 6.07) is 4.56. The number of rotatable bonds is 4. The summed E-state index contributed by atoms with van der Waals surface area (Å²) < 4.78 is 18.5. The Morgan fingerprint density at radius 1 is 1.38 bits per heavy atom. The van der Waals surface area contributed by atoms with Crippen molar-refractivity contribution in [1.82, 2.24) is 0 Å². The third-order valence-corrected chi connectivity index (χ3v) is 2.33. The minimum absolute atomic E-state index is 0. The van der Waals surface area contributed by atoms with E-state index >= 15 is 0 Å². The van der Waals surface area contributed by atoms with E-state index in [1.807, 2.05) is 0 Å². The van der Waals surface area contributed by atoms with Crippen molar-refractivity contribution in [3.63, 3.8) is 0 Å². The second kappa shape index (κ2) is 6.71. The van der Waals surface area contributed by atoms with Gasteiger partial charge in [0.25, 0.3) is 0 Å². The minimum Gasteiger partial charge on any atom is -0.497 e. The number of hydrogen-bond donors (Lipinski definition) is 1. The lowest BCUT2D eigenvalue weighted by atomic mass is 9.97. The summed E-state index contributed by atoms with van der Waals surface area (Å²) in [5, 5.41) is 0. The molecule has 92 valence electrons. The Bertz CT molecular complexity index is 331. The molecule has 0 saturated carbocycles. The molecule has 0 aromatic heterocycles. The summed E-state index contributed by atoms with van der Waals surface area (Å²) in [6.45, 7) is 4.14. The Labute approximate surface area is 102 Å². The van der Waals surface area contributed by atoms with Gasteiger partial charge >= 0.3 is 0 Å². The van der Waals surface area contributed by atoms with Gasteiger partial charge < -0.3 is 10.5 Å². The number of hydrogen-bond acceptors (Lipinski definition) is 2. The van der Waals surface area contributed by atoms with Crippen molar-refractivity contribution in [2.24, 2.45) is 11.7 Å². The van der Waals surface area contributed by atoms with Crippen LogP contribution in [-0.4, -0.2) is 7.11 Å². The predicted octanol–water partition coefficient (Wildman–Crippen LogP) is 3.30. The monoisotopic (exact) mass is 247 g/mol. The van der Waals surface area contributed by atoms with Gasteiger partial charge in [0.1, 0.15) is 11.6 Å². The van der Waals surface area contributed by atoms with Crippen molar-refractivity contribution in [2.45, 2.75) is 26.3 Å². The number of benzene rings is 1. The van der Waals surface area contributed by atoms with Crippen LogP contribution in [0.3, 0.4) is 0 Å². The first-order valence-corrected chi connectivity index (χ1v) is 5.13. The first-order chi connectivity index (χ1) is 7.04. The molecule has 0 amide bonds. The molecule has 0 aliphatic rings. The lowest BCUT2D eigenvalue weighted by molar-refractivity contribution is 0.409.